The van der Waals surface area contributed by atoms with Crippen molar-refractivity contribution >= 4 is 63.7 Å². The van der Waals surface area contributed by atoms with Crippen molar-refractivity contribution in [2.45, 2.75) is 13.3 Å². The van der Waals surface area contributed by atoms with Crippen molar-refractivity contribution < 1.29 is 19.0 Å². The molecule has 3 rings (SSSR count). The highest BCUT2D eigenvalue weighted by molar-refractivity contribution is 14.1. The second kappa shape index (κ2) is 9.15. The number of esters is 1. The van der Waals surface area contributed by atoms with Gasteiger partial charge in [-0.25, -0.2) is 9.79 Å². The first kappa shape index (κ1) is 21.0. The van der Waals surface area contributed by atoms with E-state index in [4.69, 9.17) is 37.4 Å². The smallest absolute Gasteiger partial charge is 0.363 e. The zero-order valence-electron chi connectivity index (χ0n) is 15.1. The fourth-order valence-corrected chi connectivity index (χ4v) is 3.57. The van der Waals surface area contributed by atoms with E-state index in [2.05, 4.69) is 27.6 Å². The first-order valence-electron chi connectivity index (χ1n) is 8.41. The Morgan fingerprint density at radius 2 is 2.00 bits per heavy atom. The third-order valence-electron chi connectivity index (χ3n) is 3.79. The van der Waals surface area contributed by atoms with E-state index in [0.717, 1.165) is 15.6 Å². The van der Waals surface area contributed by atoms with Crippen molar-refractivity contribution in [3.8, 4) is 11.5 Å². The summed E-state index contributed by atoms with van der Waals surface area (Å²) in [4.78, 5) is 16.5. The molecule has 2 aromatic carbocycles. The number of carbonyl (C=O) groups excluding carboxylic acids is 1. The van der Waals surface area contributed by atoms with Gasteiger partial charge in [-0.2, -0.15) is 0 Å². The Kier molecular flexibility index (Phi) is 6.85. The SMILES string of the molecule is CCCOc1c(I)cc(/C=C2\N=C(c3ccc(Cl)c(Cl)c3)OC2=O)cc1OC. The van der Waals surface area contributed by atoms with Crippen LogP contribution in [0.15, 0.2) is 41.0 Å². The normalized spacial score (nSPS) is 14.8. The van der Waals surface area contributed by atoms with Crippen LogP contribution in [0.5, 0.6) is 11.5 Å². The number of nitrogens with zero attached hydrogens (tertiary/aromatic N) is 1. The Hall–Kier alpha value is -1.77. The summed E-state index contributed by atoms with van der Waals surface area (Å²) >= 11 is 14.1. The van der Waals surface area contributed by atoms with E-state index < -0.39 is 5.97 Å². The molecule has 0 bridgehead atoms. The minimum atomic E-state index is -0.540. The van der Waals surface area contributed by atoms with Crippen LogP contribution in [0.4, 0.5) is 0 Å². The quantitative estimate of drug-likeness (QED) is 0.271. The highest BCUT2D eigenvalue weighted by atomic mass is 127. The lowest BCUT2D eigenvalue weighted by atomic mass is 10.1. The fraction of sp³-hybridized carbons (Fsp3) is 0.200. The lowest BCUT2D eigenvalue weighted by molar-refractivity contribution is -0.129. The Labute approximate surface area is 186 Å². The molecule has 0 radical (unpaired) electrons. The van der Waals surface area contributed by atoms with Gasteiger partial charge in [0.2, 0.25) is 5.90 Å². The van der Waals surface area contributed by atoms with Gasteiger partial charge in [-0.05, 0) is 71.0 Å². The molecular weight excluding hydrogens is 516 g/mol. The topological polar surface area (TPSA) is 57.1 Å². The molecule has 0 saturated carbocycles. The van der Waals surface area contributed by atoms with E-state index in [1.807, 2.05) is 13.0 Å². The Balaban J connectivity index is 1.94. The average molecular weight is 532 g/mol. The highest BCUT2D eigenvalue weighted by Crippen LogP contribution is 2.35. The summed E-state index contributed by atoms with van der Waals surface area (Å²) in [5.41, 5.74) is 1.50. The number of carbonyl (C=O) groups is 1. The van der Waals surface area contributed by atoms with Crippen LogP contribution in [0.25, 0.3) is 6.08 Å². The number of halogens is 3. The molecule has 0 N–H and O–H groups in total. The van der Waals surface area contributed by atoms with Crippen LogP contribution in [0.2, 0.25) is 10.0 Å². The van der Waals surface area contributed by atoms with Crippen LogP contribution >= 0.6 is 45.8 Å². The summed E-state index contributed by atoms with van der Waals surface area (Å²) in [5, 5.41) is 0.774. The zero-order chi connectivity index (χ0) is 20.3. The zero-order valence-corrected chi connectivity index (χ0v) is 18.8. The molecule has 0 spiro atoms. The summed E-state index contributed by atoms with van der Waals surface area (Å²) in [6.07, 6.45) is 2.53. The summed E-state index contributed by atoms with van der Waals surface area (Å²) in [7, 11) is 1.57. The predicted octanol–water partition coefficient (Wildman–Crippen LogP) is 5.74. The van der Waals surface area contributed by atoms with Crippen molar-refractivity contribution in [3.05, 3.63) is 60.8 Å². The molecule has 1 aliphatic rings. The molecule has 28 heavy (non-hydrogen) atoms. The predicted molar refractivity (Wildman–Crippen MR) is 119 cm³/mol. The van der Waals surface area contributed by atoms with E-state index in [-0.39, 0.29) is 11.6 Å². The van der Waals surface area contributed by atoms with Crippen molar-refractivity contribution in [3.63, 3.8) is 0 Å². The molecule has 0 saturated heterocycles. The lowest BCUT2D eigenvalue weighted by Gasteiger charge is -2.13. The lowest BCUT2D eigenvalue weighted by Crippen LogP contribution is -2.05. The number of aliphatic imine (C=N–C) groups is 1. The Morgan fingerprint density at radius 3 is 2.68 bits per heavy atom. The van der Waals surface area contributed by atoms with Crippen molar-refractivity contribution in [1.82, 2.24) is 0 Å². The van der Waals surface area contributed by atoms with Gasteiger partial charge in [-0.15, -0.1) is 0 Å². The molecular formula is C20H16Cl2INO4. The monoisotopic (exact) mass is 531 g/mol. The number of ether oxygens (including phenoxy) is 3. The molecule has 0 atom stereocenters. The fourth-order valence-electron chi connectivity index (χ4n) is 2.49. The van der Waals surface area contributed by atoms with Gasteiger partial charge in [-0.1, -0.05) is 30.1 Å². The molecule has 146 valence electrons. The van der Waals surface area contributed by atoms with Gasteiger partial charge in [0.15, 0.2) is 17.2 Å². The second-order valence-corrected chi connectivity index (χ2v) is 7.82. The van der Waals surface area contributed by atoms with Crippen LogP contribution in [-0.4, -0.2) is 25.6 Å². The summed E-state index contributed by atoms with van der Waals surface area (Å²) < 4.78 is 17.3. The van der Waals surface area contributed by atoms with E-state index in [1.54, 1.807) is 37.5 Å². The molecule has 1 heterocycles. The summed E-state index contributed by atoms with van der Waals surface area (Å²) in [6.45, 7) is 2.63. The van der Waals surface area contributed by atoms with Gasteiger partial charge in [0.25, 0.3) is 0 Å². The van der Waals surface area contributed by atoms with E-state index in [1.165, 1.54) is 0 Å². The molecule has 1 aliphatic heterocycles. The van der Waals surface area contributed by atoms with Gasteiger partial charge >= 0.3 is 5.97 Å². The maximum atomic E-state index is 12.2. The maximum absolute atomic E-state index is 12.2. The van der Waals surface area contributed by atoms with Gasteiger partial charge < -0.3 is 14.2 Å². The van der Waals surface area contributed by atoms with Crippen LogP contribution in [0.3, 0.4) is 0 Å². The van der Waals surface area contributed by atoms with Crippen LogP contribution in [0.1, 0.15) is 24.5 Å². The van der Waals surface area contributed by atoms with Crippen molar-refractivity contribution in [2.75, 3.05) is 13.7 Å². The number of cyclic esters (lactones) is 1. The van der Waals surface area contributed by atoms with Crippen molar-refractivity contribution in [2.24, 2.45) is 4.99 Å². The first-order valence-corrected chi connectivity index (χ1v) is 10.2. The average Bonchev–Trinajstić information content (AvgIpc) is 3.03. The van der Waals surface area contributed by atoms with E-state index in [9.17, 15) is 4.79 Å². The minimum Gasteiger partial charge on any atom is -0.493 e. The molecule has 0 aliphatic carbocycles. The third kappa shape index (κ3) is 4.61. The molecule has 0 unspecified atom stereocenters. The standard InChI is InChI=1S/C20H16Cl2INO4/c1-3-6-27-18-15(23)7-11(9-17(18)26-2)8-16-20(25)28-19(24-16)12-4-5-13(21)14(22)10-12/h4-5,7-10H,3,6H2,1-2H3/b16-8-. The van der Waals surface area contributed by atoms with Crippen LogP contribution < -0.4 is 9.47 Å². The number of benzene rings is 2. The van der Waals surface area contributed by atoms with E-state index >= 15 is 0 Å². The number of hydrogen-bond donors (Lipinski definition) is 0. The Bertz CT molecular complexity index is 988. The molecule has 2 aromatic rings. The number of rotatable bonds is 6. The third-order valence-corrected chi connectivity index (χ3v) is 5.33. The maximum Gasteiger partial charge on any atom is 0.363 e. The number of methoxy groups -OCH3 is 1. The Morgan fingerprint density at radius 1 is 1.21 bits per heavy atom. The summed E-state index contributed by atoms with van der Waals surface area (Å²) in [5.74, 6) is 0.911. The van der Waals surface area contributed by atoms with Crippen molar-refractivity contribution in [1.29, 1.82) is 0 Å². The van der Waals surface area contributed by atoms with Gasteiger partial charge in [0, 0.05) is 5.56 Å². The highest BCUT2D eigenvalue weighted by Gasteiger charge is 2.25. The minimum absolute atomic E-state index is 0.180. The number of hydrogen-bond acceptors (Lipinski definition) is 5. The van der Waals surface area contributed by atoms with Crippen LogP contribution in [-0.2, 0) is 9.53 Å². The van der Waals surface area contributed by atoms with Gasteiger partial charge in [-0.3, -0.25) is 0 Å². The first-order chi connectivity index (χ1) is 13.4. The molecule has 0 aromatic heterocycles. The molecule has 8 heteroatoms. The van der Waals surface area contributed by atoms with Gasteiger partial charge in [0.1, 0.15) is 0 Å². The largest absolute Gasteiger partial charge is 0.493 e. The van der Waals surface area contributed by atoms with Crippen LogP contribution in [0, 0.1) is 3.57 Å². The summed E-state index contributed by atoms with van der Waals surface area (Å²) in [6, 6.07) is 8.60. The molecule has 0 fully saturated rings. The van der Waals surface area contributed by atoms with Gasteiger partial charge in [0.05, 0.1) is 27.3 Å². The molecule has 5 nitrogen and oxygen atoms in total. The van der Waals surface area contributed by atoms with E-state index in [0.29, 0.717) is 33.7 Å². The second-order valence-electron chi connectivity index (χ2n) is 5.85. The molecule has 0 amide bonds.